The number of nitrogens with one attached hydrogen (secondary N) is 3. The first-order valence-corrected chi connectivity index (χ1v) is 8.06. The predicted molar refractivity (Wildman–Crippen MR) is 82.5 cm³/mol. The summed E-state index contributed by atoms with van der Waals surface area (Å²) in [5.41, 5.74) is 7.01. The van der Waals surface area contributed by atoms with Crippen LogP contribution in [0.1, 0.15) is 12.2 Å². The second kappa shape index (κ2) is 6.59. The van der Waals surface area contributed by atoms with Crippen LogP contribution >= 0.6 is 0 Å². The van der Waals surface area contributed by atoms with Gasteiger partial charge in [0.25, 0.3) is 0 Å². The molecule has 0 radical (unpaired) electrons. The van der Waals surface area contributed by atoms with Gasteiger partial charge >= 0.3 is 0 Å². The van der Waals surface area contributed by atoms with Crippen LogP contribution in [0.5, 0.6) is 0 Å². The van der Waals surface area contributed by atoms with E-state index in [4.69, 9.17) is 5.73 Å². The van der Waals surface area contributed by atoms with E-state index in [2.05, 4.69) is 20.0 Å². The lowest BCUT2D eigenvalue weighted by Gasteiger charge is -2.10. The molecule has 0 bridgehead atoms. The normalized spacial score (nSPS) is 11.5. The number of H-pyrrole nitrogens is 1. The van der Waals surface area contributed by atoms with Crippen LogP contribution in [0.3, 0.4) is 0 Å². The maximum atomic E-state index is 11.7. The van der Waals surface area contributed by atoms with E-state index >= 15 is 0 Å². The van der Waals surface area contributed by atoms with E-state index in [1.807, 2.05) is 0 Å². The van der Waals surface area contributed by atoms with Gasteiger partial charge in [0.05, 0.1) is 16.3 Å². The van der Waals surface area contributed by atoms with Crippen LogP contribution in [0.2, 0.25) is 0 Å². The Morgan fingerprint density at radius 3 is 2.81 bits per heavy atom. The van der Waals surface area contributed by atoms with Gasteiger partial charge in [0.2, 0.25) is 10.0 Å². The highest BCUT2D eigenvalue weighted by molar-refractivity contribution is 7.89. The average molecular weight is 309 g/mol. The number of hydrogen-bond donors (Lipinski definition) is 4. The molecule has 8 heteroatoms. The van der Waals surface area contributed by atoms with Crippen molar-refractivity contribution in [3.05, 3.63) is 36.4 Å². The molecule has 0 amide bonds. The average Bonchev–Trinajstić information content (AvgIpc) is 2.98. The van der Waals surface area contributed by atoms with Crippen molar-refractivity contribution in [3.63, 3.8) is 0 Å². The number of hydrogen-bond acceptors (Lipinski definition) is 5. The smallest absolute Gasteiger partial charge is 0.240 e. The standard InChI is InChI=1S/C13H19N5O2S/c1-15-21(19,20)10-4-5-12(11(14)9-10)16-6-2-3-13-17-7-8-18-13/h4-5,7-9,15-16H,2-3,6,14H2,1H3,(H,17,18). The molecule has 0 aliphatic heterocycles. The van der Waals surface area contributed by atoms with Gasteiger partial charge in [-0.05, 0) is 31.7 Å². The van der Waals surface area contributed by atoms with Gasteiger partial charge in [-0.2, -0.15) is 0 Å². The minimum atomic E-state index is -3.46. The van der Waals surface area contributed by atoms with Crippen molar-refractivity contribution in [3.8, 4) is 0 Å². The quantitative estimate of drug-likeness (QED) is 0.449. The predicted octanol–water partition coefficient (Wildman–Crippen LogP) is 0.945. The van der Waals surface area contributed by atoms with Gasteiger partial charge in [0, 0.05) is 25.4 Å². The van der Waals surface area contributed by atoms with Gasteiger partial charge < -0.3 is 16.0 Å². The minimum Gasteiger partial charge on any atom is -0.397 e. The van der Waals surface area contributed by atoms with E-state index in [1.54, 1.807) is 18.5 Å². The third-order valence-corrected chi connectivity index (χ3v) is 4.47. The number of nitrogen functional groups attached to an aromatic ring is 1. The van der Waals surface area contributed by atoms with E-state index in [0.29, 0.717) is 5.69 Å². The highest BCUT2D eigenvalue weighted by Gasteiger charge is 2.12. The Morgan fingerprint density at radius 2 is 2.19 bits per heavy atom. The maximum absolute atomic E-state index is 11.7. The Balaban J connectivity index is 1.92. The van der Waals surface area contributed by atoms with E-state index in [-0.39, 0.29) is 4.90 Å². The molecule has 1 aromatic carbocycles. The molecule has 1 aromatic heterocycles. The molecule has 114 valence electrons. The summed E-state index contributed by atoms with van der Waals surface area (Å²) in [6, 6.07) is 4.64. The topological polar surface area (TPSA) is 113 Å². The summed E-state index contributed by atoms with van der Waals surface area (Å²) in [6.07, 6.45) is 5.25. The van der Waals surface area contributed by atoms with Crippen LogP contribution in [0.25, 0.3) is 0 Å². The summed E-state index contributed by atoms with van der Waals surface area (Å²) in [7, 11) is -2.10. The lowest BCUT2D eigenvalue weighted by molar-refractivity contribution is 0.588. The number of nitrogens with two attached hydrogens (primary N) is 1. The van der Waals surface area contributed by atoms with Crippen molar-refractivity contribution in [1.82, 2.24) is 14.7 Å². The zero-order valence-corrected chi connectivity index (χ0v) is 12.6. The number of benzene rings is 1. The van der Waals surface area contributed by atoms with Crippen LogP contribution in [0, 0.1) is 0 Å². The van der Waals surface area contributed by atoms with E-state index in [1.165, 1.54) is 19.2 Å². The lowest BCUT2D eigenvalue weighted by atomic mass is 10.2. The van der Waals surface area contributed by atoms with Gasteiger partial charge in [-0.15, -0.1) is 0 Å². The second-order valence-corrected chi connectivity index (χ2v) is 6.41. The maximum Gasteiger partial charge on any atom is 0.240 e. The Kier molecular flexibility index (Phi) is 4.81. The van der Waals surface area contributed by atoms with Crippen LogP contribution in [-0.2, 0) is 16.4 Å². The zero-order valence-electron chi connectivity index (χ0n) is 11.8. The van der Waals surface area contributed by atoms with E-state index < -0.39 is 10.0 Å². The van der Waals surface area contributed by atoms with Gasteiger partial charge in [-0.1, -0.05) is 0 Å². The molecule has 0 aliphatic rings. The van der Waals surface area contributed by atoms with Gasteiger partial charge in [0.1, 0.15) is 5.82 Å². The first kappa shape index (κ1) is 15.3. The van der Waals surface area contributed by atoms with Gasteiger partial charge in [-0.25, -0.2) is 18.1 Å². The van der Waals surface area contributed by atoms with Gasteiger partial charge in [0.15, 0.2) is 0 Å². The fourth-order valence-corrected chi connectivity index (χ4v) is 2.67. The lowest BCUT2D eigenvalue weighted by Crippen LogP contribution is -2.18. The third kappa shape index (κ3) is 3.96. The highest BCUT2D eigenvalue weighted by Crippen LogP contribution is 2.22. The van der Waals surface area contributed by atoms with E-state index in [9.17, 15) is 8.42 Å². The molecule has 0 spiro atoms. The van der Waals surface area contributed by atoms with Crippen LogP contribution in [-0.4, -0.2) is 32.0 Å². The number of aryl methyl sites for hydroxylation is 1. The van der Waals surface area contributed by atoms with Crippen molar-refractivity contribution in [2.45, 2.75) is 17.7 Å². The van der Waals surface area contributed by atoms with Crippen molar-refractivity contribution in [2.24, 2.45) is 0 Å². The largest absolute Gasteiger partial charge is 0.397 e. The molecule has 0 atom stereocenters. The summed E-state index contributed by atoms with van der Waals surface area (Å²) in [6.45, 7) is 0.725. The van der Waals surface area contributed by atoms with Crippen LogP contribution in [0.4, 0.5) is 11.4 Å². The summed E-state index contributed by atoms with van der Waals surface area (Å²) < 4.78 is 25.6. The second-order valence-electron chi connectivity index (χ2n) is 4.52. The third-order valence-electron chi connectivity index (χ3n) is 3.06. The first-order valence-electron chi connectivity index (χ1n) is 6.58. The van der Waals surface area contributed by atoms with Crippen molar-refractivity contribution >= 4 is 21.4 Å². The Labute approximate surface area is 124 Å². The molecule has 0 saturated carbocycles. The molecule has 0 unspecified atom stereocenters. The SMILES string of the molecule is CNS(=O)(=O)c1ccc(NCCCc2ncc[nH]2)c(N)c1. The molecule has 21 heavy (non-hydrogen) atoms. The summed E-state index contributed by atoms with van der Waals surface area (Å²) in [5.74, 6) is 0.945. The zero-order chi connectivity index (χ0) is 15.3. The van der Waals surface area contributed by atoms with Gasteiger partial charge in [-0.3, -0.25) is 0 Å². The highest BCUT2D eigenvalue weighted by atomic mass is 32.2. The molecule has 0 saturated heterocycles. The van der Waals surface area contributed by atoms with Crippen molar-refractivity contribution in [1.29, 1.82) is 0 Å². The molecule has 2 aromatic rings. The molecule has 1 heterocycles. The summed E-state index contributed by atoms with van der Waals surface area (Å²) in [5, 5.41) is 3.19. The first-order chi connectivity index (χ1) is 10.0. The molecule has 7 nitrogen and oxygen atoms in total. The summed E-state index contributed by atoms with van der Waals surface area (Å²) >= 11 is 0. The molecular weight excluding hydrogens is 290 g/mol. The van der Waals surface area contributed by atoms with Crippen molar-refractivity contribution < 1.29 is 8.42 Å². The van der Waals surface area contributed by atoms with E-state index in [0.717, 1.165) is 30.9 Å². The number of sulfonamides is 1. The molecule has 2 rings (SSSR count). The van der Waals surface area contributed by atoms with Crippen molar-refractivity contribution in [2.75, 3.05) is 24.6 Å². The fourth-order valence-electron chi connectivity index (χ4n) is 1.90. The molecule has 5 N–H and O–H groups in total. The number of imidazole rings is 1. The molecular formula is C13H19N5O2S. The Hall–Kier alpha value is -2.06. The Bertz CT molecular complexity index is 683. The number of rotatable bonds is 7. The summed E-state index contributed by atoms with van der Waals surface area (Å²) in [4.78, 5) is 7.34. The molecule has 0 fully saturated rings. The fraction of sp³-hybridized carbons (Fsp3) is 0.308. The Morgan fingerprint density at radius 1 is 1.38 bits per heavy atom. The van der Waals surface area contributed by atoms with Crippen LogP contribution < -0.4 is 15.8 Å². The van der Waals surface area contributed by atoms with Crippen LogP contribution in [0.15, 0.2) is 35.5 Å². The monoisotopic (exact) mass is 309 g/mol. The number of aromatic amines is 1. The number of nitrogens with zero attached hydrogens (tertiary/aromatic N) is 1. The number of aromatic nitrogens is 2. The molecule has 0 aliphatic carbocycles. The number of anilines is 2. The minimum absolute atomic E-state index is 0.156.